The lowest BCUT2D eigenvalue weighted by atomic mass is 10.0. The minimum Gasteiger partial charge on any atom is -0.256 e. The molecule has 0 unspecified atom stereocenters. The molecule has 4 aromatic carbocycles. The highest BCUT2D eigenvalue weighted by atomic mass is 32.1. The highest BCUT2D eigenvalue weighted by Crippen LogP contribution is 2.43. The van der Waals surface area contributed by atoms with Crippen LogP contribution < -0.4 is 0 Å². The van der Waals surface area contributed by atoms with Crippen LogP contribution in [0.4, 0.5) is 0 Å². The molecule has 0 atom stereocenters. The van der Waals surface area contributed by atoms with Crippen molar-refractivity contribution in [2.45, 2.75) is 0 Å². The van der Waals surface area contributed by atoms with Crippen molar-refractivity contribution in [3.05, 3.63) is 103 Å². The number of fused-ring (bicyclic) bond motifs is 4. The largest absolute Gasteiger partial charge is 0.256 e. The Morgan fingerprint density at radius 3 is 2.00 bits per heavy atom. The lowest BCUT2D eigenvalue weighted by Gasteiger charge is -2.04. The molecular formula is C27H17NS. The van der Waals surface area contributed by atoms with Crippen molar-refractivity contribution in [3.8, 4) is 22.4 Å². The molecule has 2 aromatic heterocycles. The Bertz CT molecular complexity index is 1500. The van der Waals surface area contributed by atoms with Gasteiger partial charge in [0.2, 0.25) is 0 Å². The van der Waals surface area contributed by atoms with Crippen LogP contribution in [0.2, 0.25) is 0 Å². The van der Waals surface area contributed by atoms with Crippen LogP contribution in [0.1, 0.15) is 0 Å². The summed E-state index contributed by atoms with van der Waals surface area (Å²) in [5.74, 6) is 0. The number of benzene rings is 4. The molecule has 0 fully saturated rings. The minimum atomic E-state index is 1.03. The third kappa shape index (κ3) is 2.65. The fourth-order valence-electron chi connectivity index (χ4n) is 4.10. The van der Waals surface area contributed by atoms with E-state index in [0.29, 0.717) is 0 Å². The van der Waals surface area contributed by atoms with Crippen LogP contribution in [-0.2, 0) is 0 Å². The Morgan fingerprint density at radius 1 is 0.552 bits per heavy atom. The first kappa shape index (κ1) is 16.5. The fourth-order valence-corrected chi connectivity index (χ4v) is 5.46. The summed E-state index contributed by atoms with van der Waals surface area (Å²) in [5.41, 5.74) is 4.78. The number of hydrogen-bond acceptors (Lipinski definition) is 2. The Hall–Kier alpha value is -3.49. The van der Waals surface area contributed by atoms with Gasteiger partial charge < -0.3 is 0 Å². The van der Waals surface area contributed by atoms with Gasteiger partial charge in [0.15, 0.2) is 0 Å². The Kier molecular flexibility index (Phi) is 3.71. The molecule has 0 saturated carbocycles. The fraction of sp³-hybridized carbons (Fsp3) is 0. The lowest BCUT2D eigenvalue weighted by molar-refractivity contribution is 1.37. The van der Waals surface area contributed by atoms with Crippen molar-refractivity contribution in [3.63, 3.8) is 0 Å². The molecular weight excluding hydrogens is 370 g/mol. The summed E-state index contributed by atoms with van der Waals surface area (Å²) in [6, 6.07) is 34.4. The van der Waals surface area contributed by atoms with Crippen LogP contribution in [-0.4, -0.2) is 4.98 Å². The molecule has 0 spiro atoms. The predicted molar refractivity (Wildman–Crippen MR) is 126 cm³/mol. The zero-order chi connectivity index (χ0) is 19.2. The molecule has 2 heterocycles. The molecule has 0 amide bonds. The van der Waals surface area contributed by atoms with Gasteiger partial charge in [-0.3, -0.25) is 4.98 Å². The van der Waals surface area contributed by atoms with Gasteiger partial charge in [0.25, 0.3) is 0 Å². The van der Waals surface area contributed by atoms with E-state index in [0.717, 1.165) is 5.69 Å². The minimum absolute atomic E-state index is 1.03. The maximum absolute atomic E-state index is 4.78. The van der Waals surface area contributed by atoms with Gasteiger partial charge in [-0.25, -0.2) is 0 Å². The van der Waals surface area contributed by atoms with Crippen LogP contribution >= 0.6 is 11.3 Å². The highest BCUT2D eigenvalue weighted by Gasteiger charge is 2.14. The predicted octanol–water partition coefficient (Wildman–Crippen LogP) is 7.94. The van der Waals surface area contributed by atoms with Gasteiger partial charge in [-0.05, 0) is 22.6 Å². The van der Waals surface area contributed by atoms with Gasteiger partial charge in [-0.15, -0.1) is 11.3 Å². The van der Waals surface area contributed by atoms with Crippen molar-refractivity contribution < 1.29 is 0 Å². The first-order valence-corrected chi connectivity index (χ1v) is 10.5. The third-order valence-electron chi connectivity index (χ3n) is 5.52. The van der Waals surface area contributed by atoms with E-state index in [2.05, 4.69) is 97.1 Å². The molecule has 136 valence electrons. The zero-order valence-corrected chi connectivity index (χ0v) is 16.5. The van der Waals surface area contributed by atoms with E-state index < -0.39 is 0 Å². The maximum atomic E-state index is 4.78. The van der Waals surface area contributed by atoms with E-state index in [4.69, 9.17) is 4.98 Å². The summed E-state index contributed by atoms with van der Waals surface area (Å²) < 4.78 is 2.63. The molecule has 6 aromatic rings. The second-order valence-corrected chi connectivity index (χ2v) is 8.27. The van der Waals surface area contributed by atoms with Gasteiger partial charge in [0.05, 0.1) is 5.69 Å². The molecule has 0 aliphatic rings. The quantitative estimate of drug-likeness (QED) is 0.294. The summed E-state index contributed by atoms with van der Waals surface area (Å²) in [4.78, 5) is 4.78. The van der Waals surface area contributed by atoms with Crippen LogP contribution in [0.5, 0.6) is 0 Å². The molecule has 0 bridgehead atoms. The molecule has 6 rings (SSSR count). The topological polar surface area (TPSA) is 12.9 Å². The normalized spacial score (nSPS) is 11.4. The van der Waals surface area contributed by atoms with E-state index in [1.165, 1.54) is 47.6 Å². The highest BCUT2D eigenvalue weighted by molar-refractivity contribution is 7.26. The summed E-state index contributed by atoms with van der Waals surface area (Å²) in [5, 5.41) is 5.01. The van der Waals surface area contributed by atoms with Crippen LogP contribution in [0.25, 0.3) is 53.3 Å². The molecule has 0 aliphatic carbocycles. The van der Waals surface area contributed by atoms with Crippen molar-refractivity contribution in [2.24, 2.45) is 0 Å². The number of hydrogen-bond donors (Lipinski definition) is 0. The second-order valence-electron chi connectivity index (χ2n) is 7.25. The number of nitrogens with zero attached hydrogens (tertiary/aromatic N) is 1. The number of thiophene rings is 1. The lowest BCUT2D eigenvalue weighted by Crippen LogP contribution is -1.84. The molecule has 0 radical (unpaired) electrons. The van der Waals surface area contributed by atoms with Crippen LogP contribution in [0, 0.1) is 0 Å². The Balaban J connectivity index is 1.64. The van der Waals surface area contributed by atoms with E-state index in [1.807, 2.05) is 17.5 Å². The smallest absolute Gasteiger partial charge is 0.0722 e. The molecule has 0 aliphatic heterocycles. The van der Waals surface area contributed by atoms with Crippen molar-refractivity contribution >= 4 is 42.3 Å². The van der Waals surface area contributed by atoms with Gasteiger partial charge in [-0.2, -0.15) is 0 Å². The van der Waals surface area contributed by atoms with Crippen molar-refractivity contribution in [1.82, 2.24) is 4.98 Å². The summed E-state index contributed by atoms with van der Waals surface area (Å²) in [7, 11) is 0. The van der Waals surface area contributed by atoms with Gasteiger partial charge >= 0.3 is 0 Å². The molecule has 1 nitrogen and oxygen atoms in total. The van der Waals surface area contributed by atoms with Crippen LogP contribution in [0.15, 0.2) is 103 Å². The van der Waals surface area contributed by atoms with Crippen molar-refractivity contribution in [1.29, 1.82) is 0 Å². The number of rotatable bonds is 2. The summed E-state index contributed by atoms with van der Waals surface area (Å²) in [6.07, 6.45) is 1.98. The third-order valence-corrected chi connectivity index (χ3v) is 6.80. The van der Waals surface area contributed by atoms with E-state index in [9.17, 15) is 0 Å². The average molecular weight is 388 g/mol. The van der Waals surface area contributed by atoms with Crippen molar-refractivity contribution in [2.75, 3.05) is 0 Å². The maximum Gasteiger partial charge on any atom is 0.0722 e. The molecule has 2 heteroatoms. The molecule has 29 heavy (non-hydrogen) atoms. The molecule has 0 saturated heterocycles. The second kappa shape index (κ2) is 6.54. The van der Waals surface area contributed by atoms with E-state index >= 15 is 0 Å². The average Bonchev–Trinajstić information content (AvgIpc) is 3.18. The molecule has 0 N–H and O–H groups in total. The standard InChI is InChI=1S/C27H17NS/c1-2-8-18(9-3-1)21-12-6-13-22-23-14-7-15-24(27(23)29-26(21)22)25-16-19-10-4-5-11-20(19)17-28-25/h1-17H. The van der Waals surface area contributed by atoms with Gasteiger partial charge in [0.1, 0.15) is 0 Å². The summed E-state index contributed by atoms with van der Waals surface area (Å²) >= 11 is 1.87. The Labute approximate surface area is 172 Å². The van der Waals surface area contributed by atoms with E-state index in [1.54, 1.807) is 0 Å². The Morgan fingerprint density at radius 2 is 1.21 bits per heavy atom. The van der Waals surface area contributed by atoms with Gasteiger partial charge in [-0.1, -0.05) is 91.0 Å². The first-order valence-electron chi connectivity index (χ1n) is 9.73. The number of pyridine rings is 1. The SMILES string of the molecule is c1ccc(-c2cccc3c2sc2c(-c4cc5ccccc5cn4)cccc23)cc1. The zero-order valence-electron chi connectivity index (χ0n) is 15.7. The first-order chi connectivity index (χ1) is 14.4. The monoisotopic (exact) mass is 387 g/mol. The van der Waals surface area contributed by atoms with E-state index in [-0.39, 0.29) is 0 Å². The van der Waals surface area contributed by atoms with Gasteiger partial charge in [0, 0.05) is 37.3 Å². The number of aromatic nitrogens is 1. The summed E-state index contributed by atoms with van der Waals surface area (Å²) in [6.45, 7) is 0. The van der Waals surface area contributed by atoms with Crippen LogP contribution in [0.3, 0.4) is 0 Å².